The smallest absolute Gasteiger partial charge is 0.341 e. The molecule has 6 heteroatoms. The number of hydrogen-bond donors (Lipinski definition) is 2. The minimum absolute atomic E-state index is 0.270. The molecule has 0 bridgehead atoms. The second kappa shape index (κ2) is 7.92. The lowest BCUT2D eigenvalue weighted by atomic mass is 10.1. The van der Waals surface area contributed by atoms with E-state index in [1.807, 2.05) is 19.1 Å². The number of aliphatic carboxylic acids is 1. The van der Waals surface area contributed by atoms with Gasteiger partial charge in [-0.2, -0.15) is 5.10 Å². The van der Waals surface area contributed by atoms with Crippen LogP contribution in [0.5, 0.6) is 5.75 Å². The van der Waals surface area contributed by atoms with Gasteiger partial charge in [-0.1, -0.05) is 18.2 Å². The summed E-state index contributed by atoms with van der Waals surface area (Å²) in [7, 11) is 0. The third-order valence-electron chi connectivity index (χ3n) is 3.35. The summed E-state index contributed by atoms with van der Waals surface area (Å²) in [4.78, 5) is 22.6. The van der Waals surface area contributed by atoms with Crippen LogP contribution in [0.15, 0.2) is 53.6 Å². The molecule has 0 aliphatic heterocycles. The number of ether oxygens (including phenoxy) is 1. The predicted molar refractivity (Wildman–Crippen MR) is 90.4 cm³/mol. The van der Waals surface area contributed by atoms with Crippen molar-refractivity contribution in [2.75, 3.05) is 6.61 Å². The highest BCUT2D eigenvalue weighted by Crippen LogP contribution is 2.13. The van der Waals surface area contributed by atoms with E-state index >= 15 is 0 Å². The molecule has 2 rings (SSSR count). The normalized spacial score (nSPS) is 11.0. The van der Waals surface area contributed by atoms with Crippen LogP contribution in [0.3, 0.4) is 0 Å². The average molecular weight is 326 g/mol. The number of hydrazone groups is 1. The molecule has 24 heavy (non-hydrogen) atoms. The van der Waals surface area contributed by atoms with Gasteiger partial charge in [0.2, 0.25) is 0 Å². The number of carboxylic acids is 1. The molecule has 0 aromatic heterocycles. The molecule has 0 saturated carbocycles. The Kier molecular flexibility index (Phi) is 5.68. The van der Waals surface area contributed by atoms with Crippen molar-refractivity contribution in [1.82, 2.24) is 5.43 Å². The first-order valence-electron chi connectivity index (χ1n) is 7.32. The lowest BCUT2D eigenvalue weighted by molar-refractivity contribution is -0.139. The number of benzene rings is 2. The molecule has 0 heterocycles. The van der Waals surface area contributed by atoms with E-state index in [-0.39, 0.29) is 12.5 Å². The Labute approximate surface area is 139 Å². The highest BCUT2D eigenvalue weighted by Gasteiger charge is 2.07. The summed E-state index contributed by atoms with van der Waals surface area (Å²) < 4.78 is 5.06. The van der Waals surface area contributed by atoms with E-state index in [1.54, 1.807) is 43.3 Å². The topological polar surface area (TPSA) is 88.0 Å². The van der Waals surface area contributed by atoms with Gasteiger partial charge in [0.25, 0.3) is 5.91 Å². The summed E-state index contributed by atoms with van der Waals surface area (Å²) in [6, 6.07) is 14.1. The van der Waals surface area contributed by atoms with Crippen molar-refractivity contribution in [3.05, 3.63) is 65.2 Å². The standard InChI is InChI=1S/C18H18N2O4/c1-12-5-3-4-6-16(12)18(23)20-19-13(2)14-7-9-15(10-8-14)24-11-17(21)22/h3-10H,11H2,1-2H3,(H,20,23)(H,21,22)/b19-13-. The third-order valence-corrected chi connectivity index (χ3v) is 3.35. The number of carboxylic acid groups (broad SMARTS) is 1. The van der Waals surface area contributed by atoms with Crippen molar-refractivity contribution in [3.63, 3.8) is 0 Å². The average Bonchev–Trinajstić information content (AvgIpc) is 2.58. The fourth-order valence-corrected chi connectivity index (χ4v) is 2.02. The molecular weight excluding hydrogens is 308 g/mol. The minimum Gasteiger partial charge on any atom is -0.482 e. The Bertz CT molecular complexity index is 767. The Morgan fingerprint density at radius 2 is 1.79 bits per heavy atom. The van der Waals surface area contributed by atoms with Crippen LogP contribution in [0.25, 0.3) is 0 Å². The number of hydrogen-bond acceptors (Lipinski definition) is 4. The molecule has 0 atom stereocenters. The molecule has 0 spiro atoms. The highest BCUT2D eigenvalue weighted by molar-refractivity contribution is 6.01. The van der Waals surface area contributed by atoms with Gasteiger partial charge < -0.3 is 9.84 Å². The van der Waals surface area contributed by atoms with Crippen LogP contribution in [0, 0.1) is 6.92 Å². The van der Waals surface area contributed by atoms with E-state index in [0.717, 1.165) is 11.1 Å². The van der Waals surface area contributed by atoms with Crippen LogP contribution >= 0.6 is 0 Å². The molecule has 0 radical (unpaired) electrons. The molecule has 1 amide bonds. The van der Waals surface area contributed by atoms with Gasteiger partial charge >= 0.3 is 5.97 Å². The molecule has 0 fully saturated rings. The second-order valence-corrected chi connectivity index (χ2v) is 5.16. The zero-order chi connectivity index (χ0) is 17.5. The van der Waals surface area contributed by atoms with E-state index in [2.05, 4.69) is 10.5 Å². The van der Waals surface area contributed by atoms with Crippen LogP contribution in [-0.4, -0.2) is 29.3 Å². The number of carbonyl (C=O) groups is 2. The van der Waals surface area contributed by atoms with Crippen molar-refractivity contribution in [1.29, 1.82) is 0 Å². The largest absolute Gasteiger partial charge is 0.482 e. The number of rotatable bonds is 6. The summed E-state index contributed by atoms with van der Waals surface area (Å²) in [6.07, 6.45) is 0. The molecule has 0 aliphatic rings. The zero-order valence-corrected chi connectivity index (χ0v) is 13.4. The van der Waals surface area contributed by atoms with E-state index in [0.29, 0.717) is 17.0 Å². The summed E-state index contributed by atoms with van der Waals surface area (Å²) in [5.41, 5.74) is 5.41. The lowest BCUT2D eigenvalue weighted by Gasteiger charge is -2.06. The lowest BCUT2D eigenvalue weighted by Crippen LogP contribution is -2.20. The van der Waals surface area contributed by atoms with Crippen LogP contribution in [0.1, 0.15) is 28.4 Å². The summed E-state index contributed by atoms with van der Waals surface area (Å²) in [5, 5.41) is 12.7. The van der Waals surface area contributed by atoms with Gasteiger partial charge in [-0.3, -0.25) is 4.79 Å². The third kappa shape index (κ3) is 4.67. The second-order valence-electron chi connectivity index (χ2n) is 5.16. The fraction of sp³-hybridized carbons (Fsp3) is 0.167. The maximum absolute atomic E-state index is 12.1. The number of nitrogens with one attached hydrogen (secondary N) is 1. The van der Waals surface area contributed by atoms with Gasteiger partial charge in [0.15, 0.2) is 6.61 Å². The minimum atomic E-state index is -1.03. The molecule has 2 N–H and O–H groups in total. The number of carbonyl (C=O) groups excluding carboxylic acids is 1. The van der Waals surface area contributed by atoms with Gasteiger partial charge in [0, 0.05) is 5.56 Å². The van der Waals surface area contributed by atoms with E-state index < -0.39 is 5.97 Å². The molecule has 0 aliphatic carbocycles. The number of nitrogens with zero attached hydrogens (tertiary/aromatic N) is 1. The van der Waals surface area contributed by atoms with Gasteiger partial charge in [-0.15, -0.1) is 0 Å². The molecule has 2 aromatic carbocycles. The molecule has 124 valence electrons. The Balaban J connectivity index is 2.01. The first kappa shape index (κ1) is 17.2. The first-order chi connectivity index (χ1) is 11.5. The van der Waals surface area contributed by atoms with Crippen molar-refractivity contribution >= 4 is 17.6 Å². The van der Waals surface area contributed by atoms with E-state index in [4.69, 9.17) is 9.84 Å². The van der Waals surface area contributed by atoms with Gasteiger partial charge in [-0.05, 0) is 55.3 Å². The summed E-state index contributed by atoms with van der Waals surface area (Å²) in [6.45, 7) is 3.24. The number of amides is 1. The molecule has 2 aromatic rings. The van der Waals surface area contributed by atoms with Crippen molar-refractivity contribution in [2.24, 2.45) is 5.10 Å². The Hall–Kier alpha value is -3.15. The van der Waals surface area contributed by atoms with E-state index in [1.165, 1.54) is 0 Å². The van der Waals surface area contributed by atoms with Crippen LogP contribution in [-0.2, 0) is 4.79 Å². The molecule has 0 unspecified atom stereocenters. The van der Waals surface area contributed by atoms with Crippen LogP contribution in [0.4, 0.5) is 0 Å². The SMILES string of the molecule is C/C(=N/NC(=O)c1ccccc1C)c1ccc(OCC(=O)O)cc1. The molecular formula is C18H18N2O4. The first-order valence-corrected chi connectivity index (χ1v) is 7.32. The molecule has 0 saturated heterocycles. The predicted octanol–water partition coefficient (Wildman–Crippen LogP) is 2.61. The highest BCUT2D eigenvalue weighted by atomic mass is 16.5. The van der Waals surface area contributed by atoms with Crippen molar-refractivity contribution in [3.8, 4) is 5.75 Å². The maximum Gasteiger partial charge on any atom is 0.341 e. The monoisotopic (exact) mass is 326 g/mol. The maximum atomic E-state index is 12.1. The fourth-order valence-electron chi connectivity index (χ4n) is 2.02. The van der Waals surface area contributed by atoms with Gasteiger partial charge in [0.05, 0.1) is 5.71 Å². The van der Waals surface area contributed by atoms with Crippen LogP contribution in [0.2, 0.25) is 0 Å². The van der Waals surface area contributed by atoms with E-state index in [9.17, 15) is 9.59 Å². The van der Waals surface area contributed by atoms with Crippen molar-refractivity contribution < 1.29 is 19.4 Å². The Morgan fingerprint density at radius 1 is 1.12 bits per heavy atom. The summed E-state index contributed by atoms with van der Waals surface area (Å²) >= 11 is 0. The van der Waals surface area contributed by atoms with Gasteiger partial charge in [0.1, 0.15) is 5.75 Å². The van der Waals surface area contributed by atoms with Gasteiger partial charge in [-0.25, -0.2) is 10.2 Å². The zero-order valence-electron chi connectivity index (χ0n) is 13.4. The van der Waals surface area contributed by atoms with Crippen molar-refractivity contribution in [2.45, 2.75) is 13.8 Å². The molecule has 6 nitrogen and oxygen atoms in total. The quantitative estimate of drug-likeness (QED) is 0.631. The summed E-state index contributed by atoms with van der Waals surface area (Å²) in [5.74, 6) is -0.845. The van der Waals surface area contributed by atoms with Crippen LogP contribution < -0.4 is 10.2 Å². The number of aryl methyl sites for hydroxylation is 1. The Morgan fingerprint density at radius 3 is 2.42 bits per heavy atom.